The Morgan fingerprint density at radius 3 is 1.83 bits per heavy atom. The van der Waals surface area contributed by atoms with E-state index in [-0.39, 0.29) is 17.4 Å². The molecule has 7 heteroatoms. The molecule has 2 amide bonds. The van der Waals surface area contributed by atoms with Gasteiger partial charge in [-0.2, -0.15) is 0 Å². The van der Waals surface area contributed by atoms with E-state index in [1.54, 1.807) is 0 Å². The predicted molar refractivity (Wildman–Crippen MR) is 112 cm³/mol. The summed E-state index contributed by atoms with van der Waals surface area (Å²) < 4.78 is 18.1. The SMILES string of the molecule is CCN(CC)C(=O)N1C(C)(C)CC2(CC1(C)C)OCC(CC)(COC(C)=O)CO2. The van der Waals surface area contributed by atoms with Crippen LogP contribution in [0.25, 0.3) is 0 Å². The number of nitrogens with zero attached hydrogens (tertiary/aromatic N) is 2. The third kappa shape index (κ3) is 4.88. The molecule has 0 aromatic carbocycles. The van der Waals surface area contributed by atoms with Gasteiger partial charge in [-0.1, -0.05) is 6.92 Å². The van der Waals surface area contributed by atoms with Gasteiger partial charge in [-0.3, -0.25) is 4.79 Å². The fourth-order valence-corrected chi connectivity index (χ4v) is 5.01. The van der Waals surface area contributed by atoms with Crippen LogP contribution < -0.4 is 0 Å². The van der Waals surface area contributed by atoms with Crippen molar-refractivity contribution in [3.63, 3.8) is 0 Å². The maximum Gasteiger partial charge on any atom is 0.320 e. The zero-order valence-electron chi connectivity index (χ0n) is 19.6. The molecule has 1 spiro atoms. The quantitative estimate of drug-likeness (QED) is 0.643. The zero-order valence-corrected chi connectivity index (χ0v) is 19.6. The standard InChI is InChI=1S/C22H40N2O5/c1-9-21(14-27-17(4)25)15-28-22(29-16-21)12-19(5,6)24(20(7,8)13-22)18(26)23(10-2)11-3/h9-16H2,1-8H3. The number of likely N-dealkylation sites (tertiary alicyclic amines) is 1. The lowest BCUT2D eigenvalue weighted by Gasteiger charge is -2.61. The topological polar surface area (TPSA) is 68.3 Å². The van der Waals surface area contributed by atoms with Crippen LogP contribution in [0.2, 0.25) is 0 Å². The number of esters is 1. The Hall–Kier alpha value is -1.34. The Labute approximate surface area is 176 Å². The Morgan fingerprint density at radius 2 is 1.45 bits per heavy atom. The smallest absolute Gasteiger partial charge is 0.320 e. The zero-order chi connectivity index (χ0) is 22.1. The molecule has 2 aliphatic heterocycles. The van der Waals surface area contributed by atoms with Gasteiger partial charge in [0, 0.05) is 43.9 Å². The summed E-state index contributed by atoms with van der Waals surface area (Å²) >= 11 is 0. The lowest BCUT2D eigenvalue weighted by molar-refractivity contribution is -0.342. The summed E-state index contributed by atoms with van der Waals surface area (Å²) in [6.07, 6.45) is 2.00. The first-order chi connectivity index (χ1) is 13.4. The van der Waals surface area contributed by atoms with Crippen LogP contribution in [0.15, 0.2) is 0 Å². The summed E-state index contributed by atoms with van der Waals surface area (Å²) in [5, 5.41) is 0. The molecule has 0 unspecified atom stereocenters. The van der Waals surface area contributed by atoms with E-state index in [0.717, 1.165) is 6.42 Å². The van der Waals surface area contributed by atoms with Crippen molar-refractivity contribution in [3.8, 4) is 0 Å². The predicted octanol–water partition coefficient (Wildman–Crippen LogP) is 3.80. The van der Waals surface area contributed by atoms with Crippen molar-refractivity contribution in [3.05, 3.63) is 0 Å². The van der Waals surface area contributed by atoms with Gasteiger partial charge in [-0.05, 0) is 48.0 Å². The summed E-state index contributed by atoms with van der Waals surface area (Å²) in [4.78, 5) is 28.4. The highest BCUT2D eigenvalue weighted by Gasteiger charge is 2.58. The lowest BCUT2D eigenvalue weighted by atomic mass is 9.75. The Morgan fingerprint density at radius 1 is 0.966 bits per heavy atom. The van der Waals surface area contributed by atoms with E-state index in [1.165, 1.54) is 6.92 Å². The van der Waals surface area contributed by atoms with E-state index in [9.17, 15) is 9.59 Å². The summed E-state index contributed by atoms with van der Waals surface area (Å²) in [5.74, 6) is -1.02. The summed E-state index contributed by atoms with van der Waals surface area (Å²) in [6.45, 7) is 18.5. The second-order valence-electron chi connectivity index (χ2n) is 9.89. The highest BCUT2D eigenvalue weighted by molar-refractivity contribution is 5.76. The molecule has 2 fully saturated rings. The monoisotopic (exact) mass is 412 g/mol. The fraction of sp³-hybridized carbons (Fsp3) is 0.909. The second kappa shape index (κ2) is 8.42. The van der Waals surface area contributed by atoms with Crippen LogP contribution in [0.5, 0.6) is 0 Å². The number of urea groups is 1. The molecule has 0 atom stereocenters. The fourth-order valence-electron chi connectivity index (χ4n) is 5.01. The van der Waals surface area contributed by atoms with E-state index in [2.05, 4.69) is 34.6 Å². The first kappa shape index (κ1) is 23.9. The first-order valence-electron chi connectivity index (χ1n) is 10.9. The summed E-state index contributed by atoms with van der Waals surface area (Å²) in [7, 11) is 0. The molecular weight excluding hydrogens is 372 g/mol. The van der Waals surface area contributed by atoms with Crippen LogP contribution in [0, 0.1) is 5.41 Å². The van der Waals surface area contributed by atoms with Crippen LogP contribution in [0.4, 0.5) is 4.79 Å². The lowest BCUT2D eigenvalue weighted by Crippen LogP contribution is -2.71. The van der Waals surface area contributed by atoms with Gasteiger partial charge in [0.15, 0.2) is 5.79 Å². The number of rotatable bonds is 5. The average Bonchev–Trinajstić information content (AvgIpc) is 2.60. The molecule has 0 bridgehead atoms. The molecule has 0 aliphatic carbocycles. The highest BCUT2D eigenvalue weighted by atomic mass is 16.7. The van der Waals surface area contributed by atoms with Gasteiger partial charge in [0.1, 0.15) is 6.61 Å². The molecule has 2 aliphatic rings. The van der Waals surface area contributed by atoms with E-state index in [1.807, 2.05) is 23.6 Å². The molecule has 2 saturated heterocycles. The van der Waals surface area contributed by atoms with E-state index < -0.39 is 16.9 Å². The normalized spacial score (nSPS) is 24.2. The number of piperidine rings is 1. The molecule has 0 saturated carbocycles. The van der Waals surface area contributed by atoms with Crippen LogP contribution in [-0.2, 0) is 19.0 Å². The van der Waals surface area contributed by atoms with Gasteiger partial charge in [0.25, 0.3) is 0 Å². The van der Waals surface area contributed by atoms with Crippen molar-refractivity contribution < 1.29 is 23.8 Å². The number of carbonyl (C=O) groups is 2. The van der Waals surface area contributed by atoms with E-state index >= 15 is 0 Å². The molecule has 0 aromatic rings. The largest absolute Gasteiger partial charge is 0.465 e. The van der Waals surface area contributed by atoms with Crippen LogP contribution in [0.1, 0.15) is 74.7 Å². The van der Waals surface area contributed by atoms with Crippen molar-refractivity contribution in [1.29, 1.82) is 0 Å². The maximum absolute atomic E-state index is 13.3. The highest BCUT2D eigenvalue weighted by Crippen LogP contribution is 2.49. The van der Waals surface area contributed by atoms with Gasteiger partial charge < -0.3 is 24.0 Å². The molecule has 0 N–H and O–H groups in total. The van der Waals surface area contributed by atoms with Gasteiger partial charge in [0.05, 0.1) is 18.6 Å². The van der Waals surface area contributed by atoms with Gasteiger partial charge >= 0.3 is 12.0 Å². The third-order valence-electron chi connectivity index (χ3n) is 6.45. The van der Waals surface area contributed by atoms with Crippen LogP contribution >= 0.6 is 0 Å². The molecule has 0 aromatic heterocycles. The molecule has 2 rings (SSSR count). The minimum absolute atomic E-state index is 0.0634. The van der Waals surface area contributed by atoms with Crippen molar-refractivity contribution >= 4 is 12.0 Å². The number of hydrogen-bond acceptors (Lipinski definition) is 5. The Balaban J connectivity index is 2.21. The molecule has 0 radical (unpaired) electrons. The number of hydrogen-bond donors (Lipinski definition) is 0. The summed E-state index contributed by atoms with van der Waals surface area (Å²) in [5.41, 5.74) is -1.17. The van der Waals surface area contributed by atoms with E-state index in [4.69, 9.17) is 14.2 Å². The first-order valence-corrected chi connectivity index (χ1v) is 10.9. The second-order valence-corrected chi connectivity index (χ2v) is 9.89. The van der Waals surface area contributed by atoms with Gasteiger partial charge in [-0.15, -0.1) is 0 Å². The maximum atomic E-state index is 13.3. The third-order valence-corrected chi connectivity index (χ3v) is 6.45. The van der Waals surface area contributed by atoms with E-state index in [0.29, 0.717) is 45.8 Å². The molecule has 168 valence electrons. The van der Waals surface area contributed by atoms with Crippen LogP contribution in [-0.4, -0.2) is 71.6 Å². The number of ether oxygens (including phenoxy) is 3. The number of carbonyl (C=O) groups excluding carboxylic acids is 2. The minimum Gasteiger partial charge on any atom is -0.465 e. The van der Waals surface area contributed by atoms with Gasteiger partial charge in [0.2, 0.25) is 0 Å². The van der Waals surface area contributed by atoms with Gasteiger partial charge in [-0.25, -0.2) is 4.79 Å². The van der Waals surface area contributed by atoms with Crippen molar-refractivity contribution in [2.45, 2.75) is 91.5 Å². The molecule has 2 heterocycles. The van der Waals surface area contributed by atoms with Crippen LogP contribution in [0.3, 0.4) is 0 Å². The Bertz CT molecular complexity index is 584. The minimum atomic E-state index is -0.734. The molecule has 29 heavy (non-hydrogen) atoms. The van der Waals surface area contributed by atoms with Crippen molar-refractivity contribution in [2.24, 2.45) is 5.41 Å². The Kier molecular flexibility index (Phi) is 6.95. The molecular formula is C22H40N2O5. The molecule has 7 nitrogen and oxygen atoms in total. The number of amides is 2. The summed E-state index contributed by atoms with van der Waals surface area (Å²) in [6, 6.07) is 0.0634. The van der Waals surface area contributed by atoms with Crippen molar-refractivity contribution in [1.82, 2.24) is 9.80 Å². The van der Waals surface area contributed by atoms with Crippen molar-refractivity contribution in [2.75, 3.05) is 32.9 Å². The average molecular weight is 413 g/mol.